The molecule has 4 aromatic rings. The van der Waals surface area contributed by atoms with E-state index in [0.29, 0.717) is 12.3 Å². The first kappa shape index (κ1) is 30.4. The lowest BCUT2D eigenvalue weighted by atomic mass is 10.1. The molecule has 1 aliphatic heterocycles. The van der Waals surface area contributed by atoms with Gasteiger partial charge in [0.25, 0.3) is 0 Å². The minimum Gasteiger partial charge on any atom is -0.410 e. The Hall–Kier alpha value is -4.57. The van der Waals surface area contributed by atoms with Crippen molar-refractivity contribution in [2.45, 2.75) is 19.9 Å². The number of piperazine rings is 1. The third kappa shape index (κ3) is 8.23. The molecule has 0 unspecified atom stereocenters. The summed E-state index contributed by atoms with van der Waals surface area (Å²) < 4.78 is 5.31. The standard InChI is InChI=1S/C18H18N6.C14H22N2O2/c1-2-5-15(6-3-1)16-7-8-17(22-21-16)23-11-13-24(14-12-23)18-19-9-4-10-20-18;1-6-16(5)14(17)18-13-9-7-8-12(10-13)11(2)15(3)4/h1-10H,11-14H2;7-11H,6H2,1-5H3/t;11-/m.0/s1. The molecule has 0 saturated carbocycles. The van der Waals surface area contributed by atoms with Crippen LogP contribution in [0, 0.1) is 0 Å². The fourth-order valence-electron chi connectivity index (χ4n) is 4.29. The number of ether oxygens (including phenoxy) is 1. The first-order valence-electron chi connectivity index (χ1n) is 14.2. The Morgan fingerprint density at radius 1 is 0.857 bits per heavy atom. The molecule has 1 amide bonds. The number of nitrogens with zero attached hydrogens (tertiary/aromatic N) is 8. The summed E-state index contributed by atoms with van der Waals surface area (Å²) in [6.45, 7) is 8.19. The summed E-state index contributed by atoms with van der Waals surface area (Å²) in [5.41, 5.74) is 3.11. The summed E-state index contributed by atoms with van der Waals surface area (Å²) in [5.74, 6) is 2.30. The Labute approximate surface area is 248 Å². The number of amides is 1. The van der Waals surface area contributed by atoms with Crippen LogP contribution in [0.25, 0.3) is 11.3 Å². The number of aromatic nitrogens is 4. The minimum absolute atomic E-state index is 0.285. The van der Waals surface area contributed by atoms with Crippen molar-refractivity contribution in [2.75, 3.05) is 63.7 Å². The first-order chi connectivity index (χ1) is 20.4. The van der Waals surface area contributed by atoms with Gasteiger partial charge in [-0.15, -0.1) is 10.2 Å². The molecule has 1 aliphatic rings. The summed E-state index contributed by atoms with van der Waals surface area (Å²) in [6.07, 6.45) is 3.23. The largest absolute Gasteiger partial charge is 0.414 e. The molecule has 42 heavy (non-hydrogen) atoms. The Morgan fingerprint density at radius 3 is 2.17 bits per heavy atom. The van der Waals surface area contributed by atoms with Crippen LogP contribution in [0.3, 0.4) is 0 Å². The van der Waals surface area contributed by atoms with Crippen molar-refractivity contribution >= 4 is 17.9 Å². The summed E-state index contributed by atoms with van der Waals surface area (Å²) in [5, 5.41) is 8.77. The molecule has 10 nitrogen and oxygen atoms in total. The lowest BCUT2D eigenvalue weighted by molar-refractivity contribution is 0.165. The minimum atomic E-state index is -0.327. The number of anilines is 2. The molecule has 1 fully saturated rings. The molecule has 0 aliphatic carbocycles. The number of hydrogen-bond donors (Lipinski definition) is 0. The zero-order valence-corrected chi connectivity index (χ0v) is 25.1. The van der Waals surface area contributed by atoms with Crippen LogP contribution in [0.2, 0.25) is 0 Å². The maximum Gasteiger partial charge on any atom is 0.414 e. The van der Waals surface area contributed by atoms with Gasteiger partial charge in [-0.05, 0) is 63.8 Å². The van der Waals surface area contributed by atoms with Crippen molar-refractivity contribution in [1.82, 2.24) is 30.0 Å². The maximum absolute atomic E-state index is 11.7. The molecule has 0 bridgehead atoms. The predicted molar refractivity (Wildman–Crippen MR) is 167 cm³/mol. The van der Waals surface area contributed by atoms with Crippen molar-refractivity contribution in [3.8, 4) is 17.0 Å². The second kappa shape index (κ2) is 14.9. The second-order valence-electron chi connectivity index (χ2n) is 10.3. The molecule has 10 heteroatoms. The Bertz CT molecular complexity index is 1380. The van der Waals surface area contributed by atoms with Gasteiger partial charge < -0.3 is 24.3 Å². The summed E-state index contributed by atoms with van der Waals surface area (Å²) in [4.78, 5) is 28.4. The summed E-state index contributed by atoms with van der Waals surface area (Å²) >= 11 is 0. The van der Waals surface area contributed by atoms with Crippen LogP contribution in [0.1, 0.15) is 25.5 Å². The number of carbonyl (C=O) groups is 1. The molecule has 2 aromatic carbocycles. The first-order valence-corrected chi connectivity index (χ1v) is 14.2. The van der Waals surface area contributed by atoms with Gasteiger partial charge in [0.05, 0.1) is 5.69 Å². The molecule has 5 rings (SSSR count). The SMILES string of the molecule is CCN(C)C(=O)Oc1cccc([C@H](C)N(C)C)c1.c1ccc(-c2ccc(N3CCN(c4ncccn4)CC3)nn2)cc1. The average molecular weight is 569 g/mol. The molecule has 220 valence electrons. The van der Waals surface area contributed by atoms with Gasteiger partial charge in [0.2, 0.25) is 5.95 Å². The highest BCUT2D eigenvalue weighted by molar-refractivity contribution is 5.70. The number of hydrogen-bond acceptors (Lipinski definition) is 9. The van der Waals surface area contributed by atoms with E-state index in [4.69, 9.17) is 4.74 Å². The number of benzene rings is 2. The van der Waals surface area contributed by atoms with E-state index < -0.39 is 0 Å². The van der Waals surface area contributed by atoms with E-state index in [9.17, 15) is 4.79 Å². The van der Waals surface area contributed by atoms with Gasteiger partial charge in [0, 0.05) is 63.8 Å². The molecule has 0 N–H and O–H groups in total. The van der Waals surface area contributed by atoms with E-state index in [1.165, 1.54) is 4.90 Å². The molecule has 0 radical (unpaired) electrons. The van der Waals surface area contributed by atoms with Gasteiger partial charge in [-0.3, -0.25) is 0 Å². The normalized spacial score (nSPS) is 13.7. The van der Waals surface area contributed by atoms with Crippen LogP contribution in [0.5, 0.6) is 5.75 Å². The van der Waals surface area contributed by atoms with E-state index in [0.717, 1.165) is 54.8 Å². The molecule has 0 spiro atoms. The fourth-order valence-corrected chi connectivity index (χ4v) is 4.29. The topological polar surface area (TPSA) is 90.8 Å². The number of rotatable bonds is 7. The van der Waals surface area contributed by atoms with E-state index in [2.05, 4.69) is 41.8 Å². The third-order valence-corrected chi connectivity index (χ3v) is 7.26. The molecule has 1 atom stereocenters. The predicted octanol–water partition coefficient (Wildman–Crippen LogP) is 5.02. The van der Waals surface area contributed by atoms with E-state index >= 15 is 0 Å². The van der Waals surface area contributed by atoms with Crippen molar-refractivity contribution in [2.24, 2.45) is 0 Å². The maximum atomic E-state index is 11.7. The lowest BCUT2D eigenvalue weighted by Gasteiger charge is -2.35. The van der Waals surface area contributed by atoms with Crippen LogP contribution in [0.4, 0.5) is 16.6 Å². The van der Waals surface area contributed by atoms with Crippen LogP contribution in [-0.4, -0.2) is 89.9 Å². The van der Waals surface area contributed by atoms with Gasteiger partial charge >= 0.3 is 6.09 Å². The fraction of sp³-hybridized carbons (Fsp3) is 0.344. The monoisotopic (exact) mass is 568 g/mol. The zero-order valence-electron chi connectivity index (χ0n) is 25.1. The second-order valence-corrected chi connectivity index (χ2v) is 10.3. The van der Waals surface area contributed by atoms with Crippen LogP contribution in [0.15, 0.2) is 85.2 Å². The molecule has 3 heterocycles. The van der Waals surface area contributed by atoms with Crippen molar-refractivity contribution < 1.29 is 9.53 Å². The Morgan fingerprint density at radius 2 is 1.55 bits per heavy atom. The highest BCUT2D eigenvalue weighted by atomic mass is 16.6. The van der Waals surface area contributed by atoms with Crippen molar-refractivity contribution in [3.63, 3.8) is 0 Å². The molecule has 1 saturated heterocycles. The smallest absolute Gasteiger partial charge is 0.410 e. The van der Waals surface area contributed by atoms with Gasteiger partial charge in [-0.2, -0.15) is 0 Å². The van der Waals surface area contributed by atoms with Gasteiger partial charge in [-0.1, -0.05) is 42.5 Å². The number of carbonyl (C=O) groups excluding carboxylic acids is 1. The molecular formula is C32H40N8O2. The van der Waals surface area contributed by atoms with Crippen molar-refractivity contribution in [1.29, 1.82) is 0 Å². The molecule has 2 aromatic heterocycles. The van der Waals surface area contributed by atoms with Crippen LogP contribution in [-0.2, 0) is 0 Å². The zero-order chi connectivity index (χ0) is 29.9. The molecular weight excluding hydrogens is 528 g/mol. The Kier molecular flexibility index (Phi) is 10.8. The third-order valence-electron chi connectivity index (χ3n) is 7.26. The highest BCUT2D eigenvalue weighted by Crippen LogP contribution is 2.23. The highest BCUT2D eigenvalue weighted by Gasteiger charge is 2.20. The average Bonchev–Trinajstić information content (AvgIpc) is 3.05. The Balaban J connectivity index is 0.000000202. The van der Waals surface area contributed by atoms with E-state index in [1.807, 2.05) is 87.7 Å². The van der Waals surface area contributed by atoms with Gasteiger partial charge in [-0.25, -0.2) is 14.8 Å². The van der Waals surface area contributed by atoms with Gasteiger partial charge in [0.1, 0.15) is 5.75 Å². The van der Waals surface area contributed by atoms with Crippen LogP contribution < -0.4 is 14.5 Å². The van der Waals surface area contributed by atoms with Crippen LogP contribution >= 0.6 is 0 Å². The van der Waals surface area contributed by atoms with Gasteiger partial charge in [0.15, 0.2) is 5.82 Å². The lowest BCUT2D eigenvalue weighted by Crippen LogP contribution is -2.47. The summed E-state index contributed by atoms with van der Waals surface area (Å²) in [6, 6.07) is 24.0. The quantitative estimate of drug-likeness (QED) is 0.305. The van der Waals surface area contributed by atoms with Crippen molar-refractivity contribution in [3.05, 3.63) is 90.8 Å². The van der Waals surface area contributed by atoms with E-state index in [-0.39, 0.29) is 12.1 Å². The van der Waals surface area contributed by atoms with E-state index in [1.54, 1.807) is 25.5 Å². The summed E-state index contributed by atoms with van der Waals surface area (Å²) in [7, 11) is 5.76.